The molecule has 138 valence electrons. The van der Waals surface area contributed by atoms with Crippen LogP contribution in [0.3, 0.4) is 0 Å². The Morgan fingerprint density at radius 3 is 1.30 bits per heavy atom. The summed E-state index contributed by atoms with van der Waals surface area (Å²) < 4.78 is 0. The van der Waals surface area contributed by atoms with Crippen LogP contribution in [0.25, 0.3) is 0 Å². The van der Waals surface area contributed by atoms with E-state index in [1.54, 1.807) is 0 Å². The molecular weight excluding hydrogens is 278 g/mol. The predicted molar refractivity (Wildman–Crippen MR) is 105 cm³/mol. The third kappa shape index (κ3) is 6.40. The van der Waals surface area contributed by atoms with Crippen LogP contribution in [0.2, 0.25) is 0 Å². The quantitative estimate of drug-likeness (QED) is 0.645. The molecule has 0 radical (unpaired) electrons. The SMILES string of the molecule is CC(C)C1CCCC1C(C)C.CC(C)C1CCNCC1C(C)C. The van der Waals surface area contributed by atoms with Gasteiger partial charge in [-0.1, -0.05) is 61.8 Å². The van der Waals surface area contributed by atoms with Crippen molar-refractivity contribution >= 4 is 0 Å². The van der Waals surface area contributed by atoms with Crippen LogP contribution in [-0.4, -0.2) is 13.1 Å². The molecule has 2 fully saturated rings. The van der Waals surface area contributed by atoms with Gasteiger partial charge in [0.1, 0.15) is 0 Å². The van der Waals surface area contributed by atoms with E-state index in [1.807, 2.05) is 0 Å². The fraction of sp³-hybridized carbons (Fsp3) is 1.00. The molecule has 1 N–H and O–H groups in total. The van der Waals surface area contributed by atoms with E-state index in [4.69, 9.17) is 0 Å². The second-order valence-corrected chi connectivity index (χ2v) is 9.56. The first kappa shape index (κ1) is 21.0. The van der Waals surface area contributed by atoms with Crippen molar-refractivity contribution in [2.75, 3.05) is 13.1 Å². The Bertz CT molecular complexity index is 275. The van der Waals surface area contributed by atoms with Crippen LogP contribution in [0.15, 0.2) is 0 Å². The van der Waals surface area contributed by atoms with E-state index in [9.17, 15) is 0 Å². The lowest BCUT2D eigenvalue weighted by atomic mass is 9.74. The summed E-state index contributed by atoms with van der Waals surface area (Å²) in [6, 6.07) is 0. The molecule has 1 aliphatic heterocycles. The van der Waals surface area contributed by atoms with Crippen molar-refractivity contribution in [1.29, 1.82) is 0 Å². The summed E-state index contributed by atoms with van der Waals surface area (Å²) in [5, 5.41) is 3.50. The number of hydrogen-bond donors (Lipinski definition) is 1. The van der Waals surface area contributed by atoms with Crippen LogP contribution in [0.1, 0.15) is 81.1 Å². The van der Waals surface area contributed by atoms with Crippen LogP contribution in [0.4, 0.5) is 0 Å². The zero-order valence-electron chi connectivity index (χ0n) is 17.4. The van der Waals surface area contributed by atoms with Gasteiger partial charge in [0, 0.05) is 0 Å². The van der Waals surface area contributed by atoms with Gasteiger partial charge in [-0.3, -0.25) is 0 Å². The maximum absolute atomic E-state index is 3.50. The van der Waals surface area contributed by atoms with Crippen molar-refractivity contribution in [2.24, 2.45) is 47.3 Å². The minimum Gasteiger partial charge on any atom is -0.316 e. The van der Waals surface area contributed by atoms with Gasteiger partial charge in [-0.15, -0.1) is 0 Å². The molecule has 0 aromatic carbocycles. The van der Waals surface area contributed by atoms with Crippen molar-refractivity contribution in [3.05, 3.63) is 0 Å². The number of rotatable bonds is 4. The Hall–Kier alpha value is -0.0400. The van der Waals surface area contributed by atoms with Gasteiger partial charge in [-0.25, -0.2) is 0 Å². The van der Waals surface area contributed by atoms with Gasteiger partial charge < -0.3 is 5.32 Å². The first-order chi connectivity index (χ1) is 10.8. The fourth-order valence-corrected chi connectivity index (χ4v) is 5.13. The molecule has 23 heavy (non-hydrogen) atoms. The first-order valence-electron chi connectivity index (χ1n) is 10.5. The van der Waals surface area contributed by atoms with Gasteiger partial charge in [-0.2, -0.15) is 0 Å². The van der Waals surface area contributed by atoms with E-state index in [2.05, 4.69) is 60.7 Å². The minimum absolute atomic E-state index is 0.838. The Morgan fingerprint density at radius 2 is 0.957 bits per heavy atom. The fourth-order valence-electron chi connectivity index (χ4n) is 5.13. The van der Waals surface area contributed by atoms with Gasteiger partial charge in [0.25, 0.3) is 0 Å². The van der Waals surface area contributed by atoms with Crippen molar-refractivity contribution in [3.8, 4) is 0 Å². The predicted octanol–water partition coefficient (Wildman–Crippen LogP) is 6.24. The summed E-state index contributed by atoms with van der Waals surface area (Å²) in [6.45, 7) is 21.4. The van der Waals surface area contributed by atoms with E-state index in [0.717, 1.165) is 47.3 Å². The van der Waals surface area contributed by atoms with Crippen LogP contribution < -0.4 is 5.32 Å². The third-order valence-corrected chi connectivity index (χ3v) is 6.63. The Morgan fingerprint density at radius 1 is 0.565 bits per heavy atom. The molecule has 1 nitrogen and oxygen atoms in total. The summed E-state index contributed by atoms with van der Waals surface area (Å²) in [5.41, 5.74) is 0. The Kier molecular flexibility index (Phi) is 9.19. The molecule has 2 aliphatic rings. The highest BCUT2D eigenvalue weighted by molar-refractivity contribution is 4.82. The molecular formula is C22H45N. The molecule has 1 heterocycles. The summed E-state index contributed by atoms with van der Waals surface area (Å²) >= 11 is 0. The second-order valence-electron chi connectivity index (χ2n) is 9.56. The van der Waals surface area contributed by atoms with Crippen molar-refractivity contribution in [3.63, 3.8) is 0 Å². The number of piperidine rings is 1. The van der Waals surface area contributed by atoms with E-state index in [0.29, 0.717) is 0 Å². The molecule has 0 spiro atoms. The largest absolute Gasteiger partial charge is 0.316 e. The highest BCUT2D eigenvalue weighted by Gasteiger charge is 2.31. The molecule has 1 saturated heterocycles. The summed E-state index contributed by atoms with van der Waals surface area (Å²) in [5.74, 6) is 7.41. The van der Waals surface area contributed by atoms with E-state index >= 15 is 0 Å². The average molecular weight is 324 g/mol. The lowest BCUT2D eigenvalue weighted by molar-refractivity contribution is 0.150. The third-order valence-electron chi connectivity index (χ3n) is 6.63. The molecule has 1 aliphatic carbocycles. The van der Waals surface area contributed by atoms with E-state index in [1.165, 1.54) is 38.8 Å². The molecule has 1 heteroatoms. The van der Waals surface area contributed by atoms with E-state index < -0.39 is 0 Å². The molecule has 1 saturated carbocycles. The molecule has 4 unspecified atom stereocenters. The van der Waals surface area contributed by atoms with Gasteiger partial charge >= 0.3 is 0 Å². The van der Waals surface area contributed by atoms with Gasteiger partial charge in [0.2, 0.25) is 0 Å². The van der Waals surface area contributed by atoms with Gasteiger partial charge in [0.15, 0.2) is 0 Å². The molecule has 0 aromatic heterocycles. The smallest absolute Gasteiger partial charge is 0.00153 e. The van der Waals surface area contributed by atoms with Crippen LogP contribution in [-0.2, 0) is 0 Å². The Balaban J connectivity index is 0.000000231. The minimum atomic E-state index is 0.838. The van der Waals surface area contributed by atoms with Crippen molar-refractivity contribution in [1.82, 2.24) is 5.32 Å². The second kappa shape index (κ2) is 10.1. The van der Waals surface area contributed by atoms with Gasteiger partial charge in [0.05, 0.1) is 0 Å². The standard InChI is InChI=1S/C11H23N.C11H22/c1-8(2)10-5-6-12-7-11(10)9(3)4;1-8(2)10-6-5-7-11(10)9(3)4/h8-12H,5-7H2,1-4H3;8-11H,5-7H2,1-4H3. The Labute approximate surface area is 147 Å². The van der Waals surface area contributed by atoms with Crippen LogP contribution >= 0.6 is 0 Å². The van der Waals surface area contributed by atoms with Crippen molar-refractivity contribution < 1.29 is 0 Å². The van der Waals surface area contributed by atoms with Crippen molar-refractivity contribution in [2.45, 2.75) is 81.1 Å². The summed E-state index contributed by atoms with van der Waals surface area (Å²) in [4.78, 5) is 0. The normalized spacial score (nSPS) is 31.8. The molecule has 4 atom stereocenters. The maximum Gasteiger partial charge on any atom is -0.00153 e. The summed E-state index contributed by atoms with van der Waals surface area (Å²) in [7, 11) is 0. The lowest BCUT2D eigenvalue weighted by Gasteiger charge is -2.37. The number of hydrogen-bond acceptors (Lipinski definition) is 1. The topological polar surface area (TPSA) is 12.0 Å². The zero-order valence-corrected chi connectivity index (χ0v) is 17.4. The molecule has 2 rings (SSSR count). The van der Waals surface area contributed by atoms with Gasteiger partial charge in [-0.05, 0) is 79.7 Å². The first-order valence-corrected chi connectivity index (χ1v) is 10.5. The molecule has 0 amide bonds. The molecule has 0 bridgehead atoms. The highest BCUT2D eigenvalue weighted by Crippen LogP contribution is 2.40. The number of nitrogens with one attached hydrogen (secondary N) is 1. The summed E-state index contributed by atoms with van der Waals surface area (Å²) in [6.07, 6.45) is 5.83. The van der Waals surface area contributed by atoms with E-state index in [-0.39, 0.29) is 0 Å². The average Bonchev–Trinajstić information content (AvgIpc) is 2.97. The zero-order chi connectivity index (χ0) is 17.6. The van der Waals surface area contributed by atoms with Crippen LogP contribution in [0, 0.1) is 47.3 Å². The van der Waals surface area contributed by atoms with Crippen LogP contribution in [0.5, 0.6) is 0 Å². The lowest BCUT2D eigenvalue weighted by Crippen LogP contribution is -2.41. The maximum atomic E-state index is 3.50. The highest BCUT2D eigenvalue weighted by atomic mass is 14.9. The monoisotopic (exact) mass is 323 g/mol. The molecule has 0 aromatic rings.